The van der Waals surface area contributed by atoms with Gasteiger partial charge >= 0.3 is 5.97 Å². The molecule has 0 radical (unpaired) electrons. The van der Waals surface area contributed by atoms with Crippen LogP contribution in [0.2, 0.25) is 0 Å². The Morgan fingerprint density at radius 2 is 1.55 bits per heavy atom. The molecule has 47 heavy (non-hydrogen) atoms. The zero-order chi connectivity index (χ0) is 35.0. The molecule has 0 spiro atoms. The molecule has 12 nitrogen and oxygen atoms in total. The number of ketones is 1. The number of rotatable bonds is 7. The highest BCUT2D eigenvalue weighted by molar-refractivity contribution is 5.91. The van der Waals surface area contributed by atoms with Gasteiger partial charge in [-0.3, -0.25) is 4.79 Å². The Balaban J connectivity index is 1.84. The number of ether oxygens (including phenoxy) is 5. The largest absolute Gasteiger partial charge is 0.459 e. The molecule has 0 aromatic heterocycles. The highest BCUT2D eigenvalue weighted by Crippen LogP contribution is 2.31. The lowest BCUT2D eigenvalue weighted by molar-refractivity contribution is -0.295. The number of cyclic esters (lactones) is 1. The zero-order valence-corrected chi connectivity index (χ0v) is 29.0. The summed E-state index contributed by atoms with van der Waals surface area (Å²) in [4.78, 5) is 28.2. The Morgan fingerprint density at radius 1 is 0.851 bits per heavy atom. The summed E-state index contributed by atoms with van der Waals surface area (Å²) in [6, 6.07) is -0.152. The first kappa shape index (κ1) is 39.4. The highest BCUT2D eigenvalue weighted by atomic mass is 16.7. The van der Waals surface area contributed by atoms with Crippen molar-refractivity contribution in [2.75, 3.05) is 20.7 Å². The van der Waals surface area contributed by atoms with Gasteiger partial charge in [0, 0.05) is 29.9 Å². The number of esters is 1. The molecule has 4 N–H and O–H groups in total. The van der Waals surface area contributed by atoms with Crippen LogP contribution in [0.25, 0.3) is 0 Å². The number of hydrogen-bond acceptors (Lipinski definition) is 12. The SMILES string of the molecule is CC[C@H]1OC(=O)/C=C/[C@H](C)[C@@H](O[C@@H]2O[C@H](C)C[C@H](N(C)C)[C@H]2O)[C@@H](C)C[C@@H](C)C(=O)/C=C/C=C/[C@@H]1CO[C@@H]1O[C@H](C)[C@@H](O)[C@@H](O)[C@H]1O. The maximum Gasteiger partial charge on any atom is 0.330 e. The first-order valence-electron chi connectivity index (χ1n) is 16.9. The van der Waals surface area contributed by atoms with Crippen LogP contribution in [-0.4, -0.2) is 125 Å². The Morgan fingerprint density at radius 3 is 2.21 bits per heavy atom. The summed E-state index contributed by atoms with van der Waals surface area (Å²) in [6.07, 6.45) is 2.12. The molecule has 2 saturated heterocycles. The maximum atomic E-state index is 13.1. The van der Waals surface area contributed by atoms with Crippen LogP contribution in [0.1, 0.15) is 60.8 Å². The third kappa shape index (κ3) is 10.7. The second-order valence-electron chi connectivity index (χ2n) is 13.7. The van der Waals surface area contributed by atoms with Crippen molar-refractivity contribution in [1.29, 1.82) is 0 Å². The second-order valence-corrected chi connectivity index (χ2v) is 13.7. The number of allylic oxidation sites excluding steroid dienone is 3. The second kappa shape index (κ2) is 18.1. The Kier molecular flexibility index (Phi) is 15.2. The smallest absolute Gasteiger partial charge is 0.330 e. The van der Waals surface area contributed by atoms with Crippen molar-refractivity contribution in [1.82, 2.24) is 4.90 Å². The standard InChI is InChI=1S/C35H57NO11/c1-9-27-24(18-43-34-32(42)31(41)29(39)23(6)45-34)12-10-11-13-26(37)20(3)16-21(4)33(19(2)14-15-28(38)46-27)47-35-30(40)25(36(7)8)17-22(5)44-35/h10-15,19-25,27,29-35,39-42H,9,16-18H2,1-8H3/b12-10+,13-11+,15-14+/t19-,20+,21-,22+,23+,24+,25-,27+,29+,30+,31+,32+,33+,34+,35-/m0/s1. The predicted molar refractivity (Wildman–Crippen MR) is 174 cm³/mol. The molecule has 3 heterocycles. The molecule has 268 valence electrons. The van der Waals surface area contributed by atoms with Gasteiger partial charge in [-0.2, -0.15) is 0 Å². The van der Waals surface area contributed by atoms with Crippen molar-refractivity contribution >= 4 is 11.8 Å². The van der Waals surface area contributed by atoms with E-state index in [2.05, 4.69) is 0 Å². The number of hydrogen-bond donors (Lipinski definition) is 4. The van der Waals surface area contributed by atoms with Gasteiger partial charge < -0.3 is 49.0 Å². The Bertz CT molecular complexity index is 1100. The van der Waals surface area contributed by atoms with Gasteiger partial charge in [-0.15, -0.1) is 0 Å². The molecule has 3 aliphatic heterocycles. The number of likely N-dealkylation sites (N-methyl/N-ethyl adjacent to an activating group) is 1. The van der Waals surface area contributed by atoms with Gasteiger partial charge in [0.15, 0.2) is 18.4 Å². The van der Waals surface area contributed by atoms with Gasteiger partial charge in [-0.25, -0.2) is 4.79 Å². The summed E-state index contributed by atoms with van der Waals surface area (Å²) in [7, 11) is 3.82. The minimum atomic E-state index is -1.47. The lowest BCUT2D eigenvalue weighted by atomic mass is 9.84. The fourth-order valence-electron chi connectivity index (χ4n) is 6.56. The van der Waals surface area contributed by atoms with E-state index in [9.17, 15) is 30.0 Å². The van der Waals surface area contributed by atoms with Crippen molar-refractivity contribution in [2.45, 2.75) is 128 Å². The number of aliphatic hydroxyl groups is 4. The average molecular weight is 668 g/mol. The van der Waals surface area contributed by atoms with Crippen molar-refractivity contribution in [3.8, 4) is 0 Å². The summed E-state index contributed by atoms with van der Waals surface area (Å²) >= 11 is 0. The summed E-state index contributed by atoms with van der Waals surface area (Å²) in [5.41, 5.74) is 0. The average Bonchev–Trinajstić information content (AvgIpc) is 3.02. The lowest BCUT2D eigenvalue weighted by Crippen LogP contribution is -2.57. The quantitative estimate of drug-likeness (QED) is 0.293. The molecule has 0 saturated carbocycles. The minimum Gasteiger partial charge on any atom is -0.459 e. The summed E-state index contributed by atoms with van der Waals surface area (Å²) < 4.78 is 29.8. The van der Waals surface area contributed by atoms with Gasteiger partial charge in [0.05, 0.1) is 24.9 Å². The predicted octanol–water partition coefficient (Wildman–Crippen LogP) is 2.13. The van der Waals surface area contributed by atoms with Crippen molar-refractivity contribution in [3.05, 3.63) is 36.5 Å². The van der Waals surface area contributed by atoms with Crippen LogP contribution in [0.3, 0.4) is 0 Å². The van der Waals surface area contributed by atoms with Gasteiger partial charge in [0.25, 0.3) is 0 Å². The first-order valence-corrected chi connectivity index (χ1v) is 16.9. The minimum absolute atomic E-state index is 0.0403. The monoisotopic (exact) mass is 667 g/mol. The molecule has 0 amide bonds. The van der Waals surface area contributed by atoms with Crippen molar-refractivity contribution < 1.29 is 53.7 Å². The molecule has 2 fully saturated rings. The molecule has 3 aliphatic rings. The molecule has 0 unspecified atom stereocenters. The Labute approximate surface area is 279 Å². The van der Waals surface area contributed by atoms with E-state index in [1.165, 1.54) is 12.2 Å². The molecule has 0 aromatic carbocycles. The van der Waals surface area contributed by atoms with Gasteiger partial charge in [0.2, 0.25) is 0 Å². The van der Waals surface area contributed by atoms with E-state index in [4.69, 9.17) is 23.7 Å². The van der Waals surface area contributed by atoms with Crippen LogP contribution in [0.15, 0.2) is 36.5 Å². The van der Waals surface area contributed by atoms with Crippen LogP contribution in [0, 0.1) is 23.7 Å². The third-order valence-corrected chi connectivity index (χ3v) is 9.53. The van der Waals surface area contributed by atoms with E-state index >= 15 is 0 Å². The lowest BCUT2D eigenvalue weighted by Gasteiger charge is -2.43. The van der Waals surface area contributed by atoms with Gasteiger partial charge in [0.1, 0.15) is 30.5 Å². The fraction of sp³-hybridized carbons (Fsp3) is 0.771. The molecule has 0 aromatic rings. The van der Waals surface area contributed by atoms with E-state index in [0.29, 0.717) is 19.3 Å². The number of nitrogens with zero attached hydrogens (tertiary/aromatic N) is 1. The van der Waals surface area contributed by atoms with Gasteiger partial charge in [-0.1, -0.05) is 52.0 Å². The van der Waals surface area contributed by atoms with Crippen LogP contribution in [0.5, 0.6) is 0 Å². The van der Waals surface area contributed by atoms with E-state index in [1.54, 1.807) is 31.2 Å². The third-order valence-electron chi connectivity index (χ3n) is 9.53. The maximum absolute atomic E-state index is 13.1. The normalized spacial score (nSPS) is 44.9. The molecule has 12 heteroatoms. The van der Waals surface area contributed by atoms with E-state index < -0.39 is 67.2 Å². The van der Waals surface area contributed by atoms with Crippen LogP contribution in [0.4, 0.5) is 0 Å². The highest BCUT2D eigenvalue weighted by Gasteiger charge is 2.43. The Hall–Kier alpha value is -2.00. The molecule has 0 bridgehead atoms. The molecule has 3 rings (SSSR count). The first-order chi connectivity index (χ1) is 22.1. The van der Waals surface area contributed by atoms with Crippen molar-refractivity contribution in [3.63, 3.8) is 0 Å². The number of aliphatic hydroxyl groups excluding tert-OH is 4. The summed E-state index contributed by atoms with van der Waals surface area (Å²) in [5.74, 6) is -1.87. The van der Waals surface area contributed by atoms with Crippen molar-refractivity contribution in [2.24, 2.45) is 23.7 Å². The number of carbonyl (C=O) groups excluding carboxylic acids is 2. The van der Waals surface area contributed by atoms with Crippen LogP contribution < -0.4 is 0 Å². The van der Waals surface area contributed by atoms with Crippen LogP contribution in [-0.2, 0) is 33.3 Å². The zero-order valence-electron chi connectivity index (χ0n) is 29.0. The number of carbonyl (C=O) groups is 2. The summed E-state index contributed by atoms with van der Waals surface area (Å²) in [6.45, 7) is 11.1. The van der Waals surface area contributed by atoms with E-state index in [0.717, 1.165) is 0 Å². The molecular formula is C35H57NO11. The van der Waals surface area contributed by atoms with E-state index in [-0.39, 0.29) is 42.3 Å². The van der Waals surface area contributed by atoms with E-state index in [1.807, 2.05) is 53.6 Å². The summed E-state index contributed by atoms with van der Waals surface area (Å²) in [5, 5.41) is 41.8. The molecule has 0 aliphatic carbocycles. The molecule has 15 atom stereocenters. The van der Waals surface area contributed by atoms with Gasteiger partial charge in [-0.05, 0) is 59.2 Å². The topological polar surface area (TPSA) is 164 Å². The van der Waals surface area contributed by atoms with Crippen LogP contribution >= 0.6 is 0 Å². The molecular weight excluding hydrogens is 610 g/mol. The fourth-order valence-corrected chi connectivity index (χ4v) is 6.56.